The maximum Gasteiger partial charge on any atom is 0.282 e. The number of likely N-dealkylation sites (N-methyl/N-ethyl adjacent to an activating group) is 1. The van der Waals surface area contributed by atoms with Gasteiger partial charge >= 0.3 is 0 Å². The summed E-state index contributed by atoms with van der Waals surface area (Å²) in [5.41, 5.74) is 1.41. The van der Waals surface area contributed by atoms with Crippen molar-refractivity contribution >= 4 is 17.5 Å². The first-order valence-electron chi connectivity index (χ1n) is 9.32. The Bertz CT molecular complexity index is 772. The molecule has 0 saturated carbocycles. The lowest BCUT2D eigenvalue weighted by Crippen LogP contribution is -3.15. The molecule has 1 saturated heterocycles. The lowest BCUT2D eigenvalue weighted by atomic mass is 10.2. The number of benzene rings is 2. The fourth-order valence-corrected chi connectivity index (χ4v) is 3.40. The van der Waals surface area contributed by atoms with Crippen LogP contribution in [0.3, 0.4) is 0 Å². The third kappa shape index (κ3) is 4.71. The number of carbonyl (C=O) groups is 2. The minimum absolute atomic E-state index is 0.0157. The molecule has 0 spiro atoms. The molecule has 1 fully saturated rings. The maximum absolute atomic E-state index is 13.1. The molecule has 2 aromatic carbocycles. The Morgan fingerprint density at radius 1 is 1.04 bits per heavy atom. The van der Waals surface area contributed by atoms with Crippen LogP contribution in [0.5, 0.6) is 0 Å². The monoisotopic (exact) mass is 370 g/mol. The van der Waals surface area contributed by atoms with Crippen molar-refractivity contribution in [1.82, 2.24) is 4.90 Å². The first-order chi connectivity index (χ1) is 13.1. The molecule has 0 unspecified atom stereocenters. The summed E-state index contributed by atoms with van der Waals surface area (Å²) in [7, 11) is 0. The molecule has 3 rings (SSSR count). The first-order valence-corrected chi connectivity index (χ1v) is 9.32. The first kappa shape index (κ1) is 19.0. The van der Waals surface area contributed by atoms with Gasteiger partial charge < -0.3 is 14.7 Å². The fraction of sp³-hybridized carbons (Fsp3) is 0.333. The highest BCUT2D eigenvalue weighted by Crippen LogP contribution is 2.14. The molecule has 5 nitrogen and oxygen atoms in total. The second-order valence-corrected chi connectivity index (χ2v) is 6.70. The van der Waals surface area contributed by atoms with Crippen molar-refractivity contribution in [3.63, 3.8) is 0 Å². The van der Waals surface area contributed by atoms with Gasteiger partial charge in [0, 0.05) is 17.8 Å². The predicted octanol–water partition coefficient (Wildman–Crippen LogP) is 1.22. The summed E-state index contributed by atoms with van der Waals surface area (Å²) in [6.07, 6.45) is 0. The molecule has 0 bridgehead atoms. The Morgan fingerprint density at radius 3 is 2.26 bits per heavy atom. The molecular weight excluding hydrogens is 345 g/mol. The Labute approximate surface area is 159 Å². The average molecular weight is 370 g/mol. The van der Waals surface area contributed by atoms with Gasteiger partial charge in [-0.2, -0.15) is 0 Å². The van der Waals surface area contributed by atoms with Crippen molar-refractivity contribution in [2.75, 3.05) is 44.2 Å². The second-order valence-electron chi connectivity index (χ2n) is 6.70. The van der Waals surface area contributed by atoms with E-state index >= 15 is 0 Å². The molecule has 142 valence electrons. The minimum atomic E-state index is -0.313. The van der Waals surface area contributed by atoms with E-state index in [4.69, 9.17) is 0 Å². The molecule has 2 aromatic rings. The van der Waals surface area contributed by atoms with E-state index in [1.165, 1.54) is 12.1 Å². The van der Waals surface area contributed by atoms with Gasteiger partial charge in [0.1, 0.15) is 5.82 Å². The van der Waals surface area contributed by atoms with Crippen molar-refractivity contribution in [3.05, 3.63) is 66.0 Å². The van der Waals surface area contributed by atoms with Crippen LogP contribution in [0.15, 0.2) is 54.6 Å². The number of halogens is 1. The highest BCUT2D eigenvalue weighted by atomic mass is 19.1. The quantitative estimate of drug-likeness (QED) is 0.860. The summed E-state index contributed by atoms with van der Waals surface area (Å²) < 4.78 is 13.1. The normalized spacial score (nSPS) is 14.8. The van der Waals surface area contributed by atoms with Gasteiger partial charge in [-0.1, -0.05) is 18.2 Å². The molecule has 27 heavy (non-hydrogen) atoms. The Hall–Kier alpha value is -2.73. The molecule has 0 atom stereocenters. The number of nitrogens with one attached hydrogen (secondary N) is 1. The van der Waals surface area contributed by atoms with Crippen LogP contribution < -0.4 is 9.80 Å². The molecule has 2 amide bonds. The van der Waals surface area contributed by atoms with Crippen molar-refractivity contribution < 1.29 is 18.9 Å². The number of hydrogen-bond acceptors (Lipinski definition) is 2. The van der Waals surface area contributed by atoms with E-state index in [9.17, 15) is 14.0 Å². The third-order valence-corrected chi connectivity index (χ3v) is 4.94. The number of piperazine rings is 1. The van der Waals surface area contributed by atoms with E-state index < -0.39 is 0 Å². The topological polar surface area (TPSA) is 45.1 Å². The lowest BCUT2D eigenvalue weighted by Gasteiger charge is -2.33. The second kappa shape index (κ2) is 8.77. The van der Waals surface area contributed by atoms with Crippen molar-refractivity contribution in [1.29, 1.82) is 0 Å². The maximum atomic E-state index is 13.1. The van der Waals surface area contributed by atoms with E-state index in [0.717, 1.165) is 18.0 Å². The average Bonchev–Trinajstić information content (AvgIpc) is 2.71. The van der Waals surface area contributed by atoms with Crippen LogP contribution in [-0.2, 0) is 4.79 Å². The summed E-state index contributed by atoms with van der Waals surface area (Å²) in [6.45, 7) is 5.58. The number of anilines is 1. The Balaban J connectivity index is 1.54. The van der Waals surface area contributed by atoms with E-state index in [1.54, 1.807) is 17.0 Å². The van der Waals surface area contributed by atoms with Crippen LogP contribution in [0, 0.1) is 5.82 Å². The molecule has 1 N–H and O–H groups in total. The lowest BCUT2D eigenvalue weighted by molar-refractivity contribution is -0.895. The van der Waals surface area contributed by atoms with E-state index in [-0.39, 0.29) is 17.6 Å². The van der Waals surface area contributed by atoms with Crippen LogP contribution in [0.25, 0.3) is 0 Å². The van der Waals surface area contributed by atoms with Crippen molar-refractivity contribution in [2.45, 2.75) is 6.92 Å². The van der Waals surface area contributed by atoms with Gasteiger partial charge in [0.15, 0.2) is 6.54 Å². The smallest absolute Gasteiger partial charge is 0.282 e. The molecule has 1 heterocycles. The number of nitrogens with zero attached hydrogens (tertiary/aromatic N) is 2. The zero-order valence-electron chi connectivity index (χ0n) is 15.5. The van der Waals surface area contributed by atoms with Crippen LogP contribution in [0.1, 0.15) is 17.3 Å². The molecule has 1 aliphatic rings. The SMILES string of the molecule is CCN(C(=O)C[NH+]1CCN(C(=O)c2ccccc2)CC1)c1ccc(F)cc1. The van der Waals surface area contributed by atoms with Gasteiger partial charge in [-0.15, -0.1) is 0 Å². The fourth-order valence-electron chi connectivity index (χ4n) is 3.40. The number of quaternary nitrogens is 1. The van der Waals surface area contributed by atoms with Crippen molar-refractivity contribution in [3.8, 4) is 0 Å². The van der Waals surface area contributed by atoms with E-state index in [1.807, 2.05) is 42.2 Å². The van der Waals surface area contributed by atoms with Crippen LogP contribution in [0.2, 0.25) is 0 Å². The van der Waals surface area contributed by atoms with Gasteiger partial charge in [-0.25, -0.2) is 4.39 Å². The Kier molecular flexibility index (Phi) is 6.19. The van der Waals surface area contributed by atoms with Crippen molar-refractivity contribution in [2.24, 2.45) is 0 Å². The summed E-state index contributed by atoms with van der Waals surface area (Å²) in [4.78, 5) is 29.9. The summed E-state index contributed by atoms with van der Waals surface area (Å²) >= 11 is 0. The number of amides is 2. The van der Waals surface area contributed by atoms with Gasteiger partial charge in [0.2, 0.25) is 0 Å². The van der Waals surface area contributed by atoms with Gasteiger partial charge in [0.05, 0.1) is 26.2 Å². The van der Waals surface area contributed by atoms with E-state index in [0.29, 0.717) is 37.4 Å². The van der Waals surface area contributed by atoms with Gasteiger partial charge in [0.25, 0.3) is 11.8 Å². The number of hydrogen-bond donors (Lipinski definition) is 1. The standard InChI is InChI=1S/C21H24FN3O2/c1-2-25(19-10-8-18(22)9-11-19)20(26)16-23-12-14-24(15-13-23)21(27)17-6-4-3-5-7-17/h3-11H,2,12-16H2,1H3/p+1. The highest BCUT2D eigenvalue weighted by molar-refractivity contribution is 5.94. The third-order valence-electron chi connectivity index (χ3n) is 4.94. The van der Waals surface area contributed by atoms with E-state index in [2.05, 4.69) is 0 Å². The van der Waals surface area contributed by atoms with Gasteiger partial charge in [-0.3, -0.25) is 9.59 Å². The molecular formula is C21H25FN3O2+. The van der Waals surface area contributed by atoms with Crippen LogP contribution in [-0.4, -0.2) is 56.0 Å². The molecule has 6 heteroatoms. The molecule has 0 aliphatic carbocycles. The summed E-state index contributed by atoms with van der Waals surface area (Å²) in [5, 5.41) is 0. The summed E-state index contributed by atoms with van der Waals surface area (Å²) in [6, 6.07) is 15.3. The zero-order valence-corrected chi connectivity index (χ0v) is 15.5. The zero-order chi connectivity index (χ0) is 19.2. The molecule has 0 radical (unpaired) electrons. The van der Waals surface area contributed by atoms with Gasteiger partial charge in [-0.05, 0) is 43.3 Å². The molecule has 1 aliphatic heterocycles. The minimum Gasteiger partial charge on any atom is -0.327 e. The Morgan fingerprint density at radius 2 is 1.67 bits per heavy atom. The highest BCUT2D eigenvalue weighted by Gasteiger charge is 2.27. The number of carbonyl (C=O) groups excluding carboxylic acids is 2. The molecule has 0 aromatic heterocycles. The largest absolute Gasteiger partial charge is 0.327 e. The van der Waals surface area contributed by atoms with Crippen LogP contribution >= 0.6 is 0 Å². The van der Waals surface area contributed by atoms with Crippen LogP contribution in [0.4, 0.5) is 10.1 Å². The summed E-state index contributed by atoms with van der Waals surface area (Å²) in [5.74, 6) is -0.253. The predicted molar refractivity (Wildman–Crippen MR) is 102 cm³/mol. The number of rotatable bonds is 5.